The molecule has 1 heterocycles. The molecule has 1 aromatic carbocycles. The van der Waals surface area contributed by atoms with Gasteiger partial charge in [0.15, 0.2) is 9.84 Å². The Morgan fingerprint density at radius 3 is 2.23 bits per heavy atom. The molecule has 0 atom stereocenters. The number of anilines is 1. The van der Waals surface area contributed by atoms with Crippen LogP contribution >= 0.6 is 0 Å². The largest absolute Gasteiger partial charge is 0.325 e. The third-order valence-electron chi connectivity index (χ3n) is 6.18. The number of carbonyl (C=O) groups is 1. The second-order valence-electron chi connectivity index (χ2n) is 8.26. The summed E-state index contributed by atoms with van der Waals surface area (Å²) in [5, 5.41) is 2.60. The number of benzene rings is 1. The molecular weight excluding hydrogens is 348 g/mol. The predicted octanol–water partition coefficient (Wildman–Crippen LogP) is 2.11. The SMILES string of the molecule is CC(C)N1CC(S(=O)(=O)CC(=O)Nc2c3c(cc4c2CCC4)CCC3)C1. The maximum atomic E-state index is 12.6. The minimum atomic E-state index is -3.39. The molecule has 1 saturated heterocycles. The van der Waals surface area contributed by atoms with Crippen molar-refractivity contribution < 1.29 is 13.2 Å². The van der Waals surface area contributed by atoms with Crippen LogP contribution in [0.3, 0.4) is 0 Å². The Balaban J connectivity index is 1.48. The summed E-state index contributed by atoms with van der Waals surface area (Å²) in [7, 11) is -3.39. The van der Waals surface area contributed by atoms with E-state index in [1.165, 1.54) is 22.3 Å². The Hall–Kier alpha value is -1.40. The van der Waals surface area contributed by atoms with E-state index < -0.39 is 20.8 Å². The fraction of sp³-hybridized carbons (Fsp3) is 0.650. The molecular formula is C20H28N2O3S. The lowest BCUT2D eigenvalue weighted by atomic mass is 9.98. The molecule has 1 amide bonds. The second kappa shape index (κ2) is 6.64. The molecule has 1 N–H and O–H groups in total. The minimum absolute atomic E-state index is 0.352. The van der Waals surface area contributed by atoms with Crippen molar-refractivity contribution in [2.75, 3.05) is 24.2 Å². The highest BCUT2D eigenvalue weighted by Crippen LogP contribution is 2.38. The summed E-state index contributed by atoms with van der Waals surface area (Å²) in [5.74, 6) is -0.774. The summed E-state index contributed by atoms with van der Waals surface area (Å²) in [6.45, 7) is 5.21. The monoisotopic (exact) mass is 376 g/mol. The van der Waals surface area contributed by atoms with E-state index in [4.69, 9.17) is 0 Å². The highest BCUT2D eigenvalue weighted by Gasteiger charge is 2.39. The van der Waals surface area contributed by atoms with Crippen molar-refractivity contribution in [3.05, 3.63) is 28.3 Å². The molecule has 6 heteroatoms. The van der Waals surface area contributed by atoms with Crippen LogP contribution in [-0.2, 0) is 40.3 Å². The first-order chi connectivity index (χ1) is 12.3. The number of hydrogen-bond acceptors (Lipinski definition) is 4. The number of rotatable bonds is 5. The lowest BCUT2D eigenvalue weighted by Crippen LogP contribution is -2.58. The number of aryl methyl sites for hydroxylation is 2. The summed E-state index contributed by atoms with van der Waals surface area (Å²) in [4.78, 5) is 14.7. The maximum absolute atomic E-state index is 12.6. The first-order valence-corrected chi connectivity index (χ1v) is 11.5. The molecule has 3 aliphatic rings. The van der Waals surface area contributed by atoms with Gasteiger partial charge in [-0.25, -0.2) is 8.42 Å². The van der Waals surface area contributed by atoms with E-state index in [1.54, 1.807) is 0 Å². The normalized spacial score (nSPS) is 20.1. The minimum Gasteiger partial charge on any atom is -0.325 e. The zero-order valence-corrected chi connectivity index (χ0v) is 16.5. The van der Waals surface area contributed by atoms with E-state index in [0.717, 1.165) is 44.2 Å². The number of nitrogens with one attached hydrogen (secondary N) is 1. The Labute approximate surface area is 156 Å². The molecule has 1 aromatic rings. The highest BCUT2D eigenvalue weighted by molar-refractivity contribution is 7.92. The average molecular weight is 377 g/mol. The zero-order valence-electron chi connectivity index (χ0n) is 15.7. The smallest absolute Gasteiger partial charge is 0.239 e. The molecule has 142 valence electrons. The first kappa shape index (κ1) is 18.0. The van der Waals surface area contributed by atoms with Gasteiger partial charge in [-0.15, -0.1) is 0 Å². The van der Waals surface area contributed by atoms with Crippen LogP contribution in [0.2, 0.25) is 0 Å². The van der Waals surface area contributed by atoms with Gasteiger partial charge in [0.25, 0.3) is 0 Å². The lowest BCUT2D eigenvalue weighted by molar-refractivity contribution is -0.113. The predicted molar refractivity (Wildman–Crippen MR) is 103 cm³/mol. The number of sulfone groups is 1. The molecule has 26 heavy (non-hydrogen) atoms. The number of nitrogens with zero attached hydrogens (tertiary/aromatic N) is 1. The Bertz CT molecular complexity index is 807. The van der Waals surface area contributed by atoms with Gasteiger partial charge in [0.05, 0.1) is 5.25 Å². The summed E-state index contributed by atoms with van der Waals surface area (Å²) in [6, 6.07) is 2.66. The zero-order chi connectivity index (χ0) is 18.5. The maximum Gasteiger partial charge on any atom is 0.239 e. The Morgan fingerprint density at radius 1 is 1.12 bits per heavy atom. The molecule has 2 aliphatic carbocycles. The molecule has 0 radical (unpaired) electrons. The van der Waals surface area contributed by atoms with E-state index in [9.17, 15) is 13.2 Å². The van der Waals surface area contributed by atoms with Gasteiger partial charge in [-0.3, -0.25) is 9.69 Å². The molecule has 4 rings (SSSR count). The van der Waals surface area contributed by atoms with Crippen LogP contribution in [0.15, 0.2) is 6.07 Å². The van der Waals surface area contributed by atoms with Gasteiger partial charge in [0.2, 0.25) is 5.91 Å². The van der Waals surface area contributed by atoms with Crippen molar-refractivity contribution in [2.24, 2.45) is 0 Å². The van der Waals surface area contributed by atoms with Crippen LogP contribution in [0, 0.1) is 0 Å². The topological polar surface area (TPSA) is 66.5 Å². The van der Waals surface area contributed by atoms with Crippen LogP contribution in [0.4, 0.5) is 5.69 Å². The fourth-order valence-electron chi connectivity index (χ4n) is 4.56. The molecule has 1 fully saturated rings. The quantitative estimate of drug-likeness (QED) is 0.855. The van der Waals surface area contributed by atoms with Crippen molar-refractivity contribution in [2.45, 2.75) is 63.7 Å². The first-order valence-electron chi connectivity index (χ1n) is 9.77. The molecule has 0 spiro atoms. The van der Waals surface area contributed by atoms with E-state index in [-0.39, 0.29) is 5.91 Å². The fourth-order valence-corrected chi connectivity index (χ4v) is 6.07. The second-order valence-corrected chi connectivity index (χ2v) is 10.5. The molecule has 1 aliphatic heterocycles. The van der Waals surface area contributed by atoms with Crippen molar-refractivity contribution in [1.29, 1.82) is 0 Å². The summed E-state index contributed by atoms with van der Waals surface area (Å²) < 4.78 is 25.1. The van der Waals surface area contributed by atoms with Gasteiger partial charge in [0, 0.05) is 24.8 Å². The van der Waals surface area contributed by atoms with E-state index in [1.807, 2.05) is 0 Å². The van der Waals surface area contributed by atoms with Crippen LogP contribution in [0.1, 0.15) is 48.9 Å². The van der Waals surface area contributed by atoms with Gasteiger partial charge < -0.3 is 5.32 Å². The number of carbonyl (C=O) groups excluding carboxylic acids is 1. The molecule has 0 aromatic heterocycles. The van der Waals surface area contributed by atoms with Crippen molar-refractivity contribution in [3.8, 4) is 0 Å². The third-order valence-corrected chi connectivity index (χ3v) is 8.16. The van der Waals surface area contributed by atoms with Crippen molar-refractivity contribution in [1.82, 2.24) is 4.90 Å². The number of fused-ring (bicyclic) bond motifs is 2. The van der Waals surface area contributed by atoms with Gasteiger partial charge in [0.1, 0.15) is 5.75 Å². The summed E-state index contributed by atoms with van der Waals surface area (Å²) >= 11 is 0. The average Bonchev–Trinajstić information content (AvgIpc) is 3.12. The van der Waals surface area contributed by atoms with Gasteiger partial charge in [-0.1, -0.05) is 6.07 Å². The van der Waals surface area contributed by atoms with Gasteiger partial charge in [-0.05, 0) is 74.6 Å². The Morgan fingerprint density at radius 2 is 1.69 bits per heavy atom. The van der Waals surface area contributed by atoms with Crippen LogP contribution < -0.4 is 5.32 Å². The van der Waals surface area contributed by atoms with Crippen LogP contribution in [-0.4, -0.2) is 49.4 Å². The molecule has 5 nitrogen and oxygen atoms in total. The lowest BCUT2D eigenvalue weighted by Gasteiger charge is -2.41. The number of hydrogen-bond donors (Lipinski definition) is 1. The standard InChI is InChI=1S/C20H28N2O3S/c1-13(2)22-10-16(11-22)26(24,25)12-19(23)21-20-17-7-3-5-14(17)9-15-6-4-8-18(15)20/h9,13,16H,3-8,10-12H2,1-2H3,(H,21,23). The molecule has 0 unspecified atom stereocenters. The highest BCUT2D eigenvalue weighted by atomic mass is 32.2. The molecule has 0 bridgehead atoms. The van der Waals surface area contributed by atoms with Gasteiger partial charge >= 0.3 is 0 Å². The van der Waals surface area contributed by atoms with E-state index >= 15 is 0 Å². The molecule has 0 saturated carbocycles. The Kier molecular flexibility index (Phi) is 4.59. The summed E-state index contributed by atoms with van der Waals surface area (Å²) in [6.07, 6.45) is 6.33. The van der Waals surface area contributed by atoms with Gasteiger partial charge in [-0.2, -0.15) is 0 Å². The van der Waals surface area contributed by atoms with Crippen LogP contribution in [0.5, 0.6) is 0 Å². The van der Waals surface area contributed by atoms with E-state index in [2.05, 4.69) is 30.1 Å². The number of amides is 1. The van der Waals surface area contributed by atoms with Crippen molar-refractivity contribution in [3.63, 3.8) is 0 Å². The van der Waals surface area contributed by atoms with Crippen molar-refractivity contribution >= 4 is 21.4 Å². The van der Waals surface area contributed by atoms with E-state index in [0.29, 0.717) is 19.1 Å². The third kappa shape index (κ3) is 3.18. The summed E-state index contributed by atoms with van der Waals surface area (Å²) in [5.41, 5.74) is 6.10. The number of likely N-dealkylation sites (tertiary alicyclic amines) is 1. The van der Waals surface area contributed by atoms with Crippen LogP contribution in [0.25, 0.3) is 0 Å².